The van der Waals surface area contributed by atoms with Crippen molar-refractivity contribution in [2.45, 2.75) is 111 Å². The molecule has 0 bridgehead atoms. The van der Waals surface area contributed by atoms with Crippen molar-refractivity contribution in [2.75, 3.05) is 0 Å². The fraction of sp³-hybridized carbons (Fsp3) is 1.00. The average Bonchev–Trinajstić information content (AvgIpc) is 2.87. The number of rotatable bonds is 5. The van der Waals surface area contributed by atoms with Crippen molar-refractivity contribution in [1.82, 2.24) is 0 Å². The zero-order valence-corrected chi connectivity index (χ0v) is 15.5. The van der Waals surface area contributed by atoms with Gasteiger partial charge in [-0.25, -0.2) is 0 Å². The van der Waals surface area contributed by atoms with Gasteiger partial charge in [-0.05, 0) is 36.5 Å². The van der Waals surface area contributed by atoms with E-state index < -0.39 is 0 Å². The van der Waals surface area contributed by atoms with Crippen molar-refractivity contribution in [1.29, 1.82) is 0 Å². The van der Waals surface area contributed by atoms with Gasteiger partial charge in [0.05, 0.1) is 0 Å². The topological polar surface area (TPSA) is 0 Å². The second kappa shape index (κ2) is 11.6. The summed E-state index contributed by atoms with van der Waals surface area (Å²) in [6, 6.07) is 0. The van der Waals surface area contributed by atoms with Gasteiger partial charge in [-0.1, -0.05) is 98.3 Å². The van der Waals surface area contributed by atoms with Crippen LogP contribution in [-0.4, -0.2) is 0 Å². The molecular weight excluding hydrogens is 252 g/mol. The summed E-state index contributed by atoms with van der Waals surface area (Å²) in [5, 5.41) is 0. The van der Waals surface area contributed by atoms with Gasteiger partial charge in [0.1, 0.15) is 0 Å². The quantitative estimate of drug-likeness (QED) is 0.457. The molecule has 0 aliphatic heterocycles. The molecule has 4 unspecified atom stereocenters. The molecule has 0 aromatic carbocycles. The van der Waals surface area contributed by atoms with E-state index in [4.69, 9.17) is 0 Å². The van der Waals surface area contributed by atoms with Crippen LogP contribution in [0.25, 0.3) is 0 Å². The Morgan fingerprint density at radius 2 is 1.00 bits per heavy atom. The Hall–Kier alpha value is 0. The molecule has 2 fully saturated rings. The molecule has 0 aromatic heterocycles. The maximum Gasteiger partial charge on any atom is -0.0412 e. The van der Waals surface area contributed by atoms with Crippen LogP contribution in [0.2, 0.25) is 0 Å². The van der Waals surface area contributed by atoms with Crippen LogP contribution in [0.1, 0.15) is 111 Å². The SMILES string of the molecule is CCC1CCC(CC)C1.CCCC1CCCCC(CC)C1. The molecule has 2 rings (SSSR count). The zero-order valence-electron chi connectivity index (χ0n) is 15.5. The van der Waals surface area contributed by atoms with Crippen molar-refractivity contribution < 1.29 is 0 Å². The highest BCUT2D eigenvalue weighted by atomic mass is 14.3. The molecule has 0 saturated heterocycles. The molecule has 0 heterocycles. The number of hydrogen-bond acceptors (Lipinski definition) is 0. The third-order valence-electron chi connectivity index (χ3n) is 6.22. The molecule has 0 aromatic rings. The van der Waals surface area contributed by atoms with Gasteiger partial charge >= 0.3 is 0 Å². The summed E-state index contributed by atoms with van der Waals surface area (Å²) >= 11 is 0. The Labute approximate surface area is 135 Å². The Balaban J connectivity index is 0.000000219. The lowest BCUT2D eigenvalue weighted by atomic mass is 9.89. The minimum atomic E-state index is 1.06. The summed E-state index contributed by atoms with van der Waals surface area (Å²) in [7, 11) is 0. The molecule has 0 amide bonds. The Kier molecular flexibility index (Phi) is 10.5. The third-order valence-corrected chi connectivity index (χ3v) is 6.22. The first-order chi connectivity index (χ1) is 10.2. The van der Waals surface area contributed by atoms with Crippen molar-refractivity contribution in [2.24, 2.45) is 23.7 Å². The van der Waals surface area contributed by atoms with Crippen molar-refractivity contribution in [3.05, 3.63) is 0 Å². The fourth-order valence-electron chi connectivity index (χ4n) is 4.53. The summed E-state index contributed by atoms with van der Waals surface area (Å²) in [6.45, 7) is 9.33. The summed E-state index contributed by atoms with van der Waals surface area (Å²) in [4.78, 5) is 0. The summed E-state index contributed by atoms with van der Waals surface area (Å²) < 4.78 is 0. The largest absolute Gasteiger partial charge is 0.0654 e. The first kappa shape index (κ1) is 19.0. The van der Waals surface area contributed by atoms with Gasteiger partial charge in [-0.2, -0.15) is 0 Å². The van der Waals surface area contributed by atoms with E-state index in [0.717, 1.165) is 23.7 Å². The monoisotopic (exact) mass is 294 g/mol. The predicted molar refractivity (Wildman–Crippen MR) is 96.7 cm³/mol. The zero-order chi connectivity index (χ0) is 15.5. The molecule has 126 valence electrons. The summed E-state index contributed by atoms with van der Waals surface area (Å²) in [5.41, 5.74) is 0. The lowest BCUT2D eigenvalue weighted by molar-refractivity contribution is 0.348. The highest BCUT2D eigenvalue weighted by Crippen LogP contribution is 2.34. The molecule has 0 nitrogen and oxygen atoms in total. The van der Waals surface area contributed by atoms with Gasteiger partial charge < -0.3 is 0 Å². The number of hydrogen-bond donors (Lipinski definition) is 0. The first-order valence-corrected chi connectivity index (χ1v) is 10.2. The van der Waals surface area contributed by atoms with Gasteiger partial charge in [-0.3, -0.25) is 0 Å². The van der Waals surface area contributed by atoms with Gasteiger partial charge in [0.25, 0.3) is 0 Å². The Morgan fingerprint density at radius 1 is 0.571 bits per heavy atom. The van der Waals surface area contributed by atoms with E-state index in [0.29, 0.717) is 0 Å². The van der Waals surface area contributed by atoms with Gasteiger partial charge in [0, 0.05) is 0 Å². The highest BCUT2D eigenvalue weighted by Gasteiger charge is 2.21. The van der Waals surface area contributed by atoms with Crippen LogP contribution in [0.5, 0.6) is 0 Å². The van der Waals surface area contributed by atoms with E-state index in [1.165, 1.54) is 83.5 Å². The van der Waals surface area contributed by atoms with E-state index in [1.807, 2.05) is 0 Å². The van der Waals surface area contributed by atoms with Crippen LogP contribution in [0, 0.1) is 23.7 Å². The second-order valence-electron chi connectivity index (χ2n) is 7.81. The molecule has 0 heteroatoms. The molecule has 2 aliphatic carbocycles. The second-order valence-corrected chi connectivity index (χ2v) is 7.81. The standard InChI is InChI=1S/C12H24.C9H18/c1-3-7-12-9-6-5-8-11(4-2)10-12;1-3-8-5-6-9(4-2)7-8/h11-12H,3-10H2,1-2H3;8-9H,3-7H2,1-2H3. The highest BCUT2D eigenvalue weighted by molar-refractivity contribution is 4.73. The minimum Gasteiger partial charge on any atom is -0.0654 e. The smallest absolute Gasteiger partial charge is 0.0412 e. The van der Waals surface area contributed by atoms with Crippen LogP contribution >= 0.6 is 0 Å². The Morgan fingerprint density at radius 3 is 1.43 bits per heavy atom. The Bertz CT molecular complexity index is 222. The molecule has 0 radical (unpaired) electrons. The van der Waals surface area contributed by atoms with Gasteiger partial charge in [0.15, 0.2) is 0 Å². The maximum atomic E-state index is 2.36. The summed E-state index contributed by atoms with van der Waals surface area (Å²) in [6.07, 6.45) is 19.2. The predicted octanol–water partition coefficient (Wildman–Crippen LogP) is 7.62. The van der Waals surface area contributed by atoms with Crippen molar-refractivity contribution in [3.63, 3.8) is 0 Å². The molecule has 2 aliphatic rings. The molecule has 0 spiro atoms. The lowest BCUT2D eigenvalue weighted by Gasteiger charge is -2.17. The van der Waals surface area contributed by atoms with E-state index in [2.05, 4.69) is 27.7 Å². The van der Waals surface area contributed by atoms with Crippen molar-refractivity contribution in [3.8, 4) is 0 Å². The summed E-state index contributed by atoms with van der Waals surface area (Å²) in [5.74, 6) is 4.29. The molecular formula is C21H42. The van der Waals surface area contributed by atoms with Crippen LogP contribution < -0.4 is 0 Å². The first-order valence-electron chi connectivity index (χ1n) is 10.2. The molecule has 4 atom stereocenters. The fourth-order valence-corrected chi connectivity index (χ4v) is 4.53. The lowest BCUT2D eigenvalue weighted by Crippen LogP contribution is -2.04. The van der Waals surface area contributed by atoms with Crippen LogP contribution in [0.15, 0.2) is 0 Å². The minimum absolute atomic E-state index is 1.06. The molecule has 0 N–H and O–H groups in total. The average molecular weight is 295 g/mol. The van der Waals surface area contributed by atoms with Gasteiger partial charge in [-0.15, -0.1) is 0 Å². The van der Waals surface area contributed by atoms with Crippen molar-refractivity contribution >= 4 is 0 Å². The van der Waals surface area contributed by atoms with E-state index in [9.17, 15) is 0 Å². The maximum absolute atomic E-state index is 2.36. The van der Waals surface area contributed by atoms with E-state index in [-0.39, 0.29) is 0 Å². The normalized spacial score (nSPS) is 33.1. The van der Waals surface area contributed by atoms with Crippen LogP contribution in [-0.2, 0) is 0 Å². The van der Waals surface area contributed by atoms with Crippen LogP contribution in [0.3, 0.4) is 0 Å². The van der Waals surface area contributed by atoms with E-state index >= 15 is 0 Å². The molecule has 2 saturated carbocycles. The van der Waals surface area contributed by atoms with Gasteiger partial charge in [0.2, 0.25) is 0 Å². The van der Waals surface area contributed by atoms with Crippen LogP contribution in [0.4, 0.5) is 0 Å². The van der Waals surface area contributed by atoms with E-state index in [1.54, 1.807) is 0 Å². The third kappa shape index (κ3) is 7.71. The molecule has 21 heavy (non-hydrogen) atoms.